The summed E-state index contributed by atoms with van der Waals surface area (Å²) in [6.07, 6.45) is 5.38. The number of aromatic nitrogens is 4. The molecule has 1 amide bonds. The van der Waals surface area contributed by atoms with Gasteiger partial charge in [0.2, 0.25) is 0 Å². The Kier molecular flexibility index (Phi) is 4.32. The molecular weight excluding hydrogens is 326 g/mol. The maximum absolute atomic E-state index is 12.9. The third kappa shape index (κ3) is 3.14. The molecule has 132 valence electrons. The number of carbonyl (C=O) groups is 1. The zero-order chi connectivity index (χ0) is 18.1. The highest BCUT2D eigenvalue weighted by Gasteiger charge is 2.28. The van der Waals surface area contributed by atoms with Gasteiger partial charge in [0.15, 0.2) is 5.65 Å². The lowest BCUT2D eigenvalue weighted by Crippen LogP contribution is -2.39. The molecular formula is C20H21N5O. The first kappa shape index (κ1) is 16.6. The van der Waals surface area contributed by atoms with Crippen LogP contribution in [0.4, 0.5) is 0 Å². The lowest BCUT2D eigenvalue weighted by Gasteiger charge is -2.33. The fourth-order valence-corrected chi connectivity index (χ4v) is 3.57. The van der Waals surface area contributed by atoms with E-state index < -0.39 is 0 Å². The van der Waals surface area contributed by atoms with Crippen LogP contribution in [-0.2, 0) is 0 Å². The second-order valence-electron chi connectivity index (χ2n) is 6.81. The first-order chi connectivity index (χ1) is 12.6. The topological polar surface area (TPSA) is 71.9 Å². The third-order valence-corrected chi connectivity index (χ3v) is 4.87. The van der Waals surface area contributed by atoms with E-state index in [1.807, 2.05) is 43.0 Å². The Morgan fingerprint density at radius 2 is 2.04 bits per heavy atom. The van der Waals surface area contributed by atoms with Crippen molar-refractivity contribution in [3.05, 3.63) is 59.4 Å². The lowest BCUT2D eigenvalue weighted by atomic mass is 9.92. The van der Waals surface area contributed by atoms with E-state index in [4.69, 9.17) is 4.98 Å². The zero-order valence-corrected chi connectivity index (χ0v) is 15.0. The van der Waals surface area contributed by atoms with Gasteiger partial charge in [-0.05, 0) is 51.0 Å². The second-order valence-corrected chi connectivity index (χ2v) is 6.81. The summed E-state index contributed by atoms with van der Waals surface area (Å²) in [5.74, 6) is 0.951. The number of carbonyl (C=O) groups excluding carboxylic acids is 1. The smallest absolute Gasteiger partial charge is 0.255 e. The molecule has 0 spiro atoms. The SMILES string of the molecule is Cc1ccc(C(=O)N2CCCC(c3nc(C)nc4ncccc34)C2)cn1. The average molecular weight is 347 g/mol. The molecule has 0 saturated carbocycles. The maximum atomic E-state index is 12.9. The van der Waals surface area contributed by atoms with E-state index in [0.29, 0.717) is 12.1 Å². The van der Waals surface area contributed by atoms with Gasteiger partial charge in [-0.1, -0.05) is 0 Å². The van der Waals surface area contributed by atoms with Crippen LogP contribution in [-0.4, -0.2) is 43.8 Å². The van der Waals surface area contributed by atoms with Crippen LogP contribution in [0.25, 0.3) is 11.0 Å². The molecule has 0 radical (unpaired) electrons. The Hall–Kier alpha value is -2.89. The fraction of sp³-hybridized carbons (Fsp3) is 0.350. The summed E-state index contributed by atoms with van der Waals surface area (Å²) in [6.45, 7) is 5.24. The summed E-state index contributed by atoms with van der Waals surface area (Å²) in [4.78, 5) is 32.5. The van der Waals surface area contributed by atoms with Crippen LogP contribution in [0.15, 0.2) is 36.7 Å². The summed E-state index contributed by atoms with van der Waals surface area (Å²) in [7, 11) is 0. The molecule has 4 heterocycles. The number of likely N-dealkylation sites (tertiary alicyclic amines) is 1. The summed E-state index contributed by atoms with van der Waals surface area (Å²) < 4.78 is 0. The average Bonchev–Trinajstić information content (AvgIpc) is 2.67. The van der Waals surface area contributed by atoms with Crippen molar-refractivity contribution in [3.63, 3.8) is 0 Å². The lowest BCUT2D eigenvalue weighted by molar-refractivity contribution is 0.0706. The first-order valence-electron chi connectivity index (χ1n) is 8.93. The normalized spacial score (nSPS) is 17.5. The van der Waals surface area contributed by atoms with Crippen molar-refractivity contribution in [2.75, 3.05) is 13.1 Å². The van der Waals surface area contributed by atoms with Crippen LogP contribution < -0.4 is 0 Å². The Labute approximate surface area is 152 Å². The highest BCUT2D eigenvalue weighted by molar-refractivity contribution is 5.94. The Bertz CT molecular complexity index is 954. The summed E-state index contributed by atoms with van der Waals surface area (Å²) in [6, 6.07) is 7.65. The van der Waals surface area contributed by atoms with Crippen molar-refractivity contribution in [1.29, 1.82) is 0 Å². The molecule has 0 aliphatic carbocycles. The molecule has 1 saturated heterocycles. The van der Waals surface area contributed by atoms with Gasteiger partial charge in [-0.15, -0.1) is 0 Å². The number of piperidine rings is 1. The van der Waals surface area contributed by atoms with E-state index in [0.717, 1.165) is 47.6 Å². The van der Waals surface area contributed by atoms with Crippen LogP contribution in [0, 0.1) is 13.8 Å². The quantitative estimate of drug-likeness (QED) is 0.712. The van der Waals surface area contributed by atoms with Crippen LogP contribution in [0.3, 0.4) is 0 Å². The number of hydrogen-bond donors (Lipinski definition) is 0. The van der Waals surface area contributed by atoms with Crippen LogP contribution in [0.2, 0.25) is 0 Å². The number of nitrogens with zero attached hydrogens (tertiary/aromatic N) is 5. The van der Waals surface area contributed by atoms with E-state index in [-0.39, 0.29) is 11.8 Å². The number of hydrogen-bond acceptors (Lipinski definition) is 5. The van der Waals surface area contributed by atoms with Crippen molar-refractivity contribution in [2.24, 2.45) is 0 Å². The number of amides is 1. The van der Waals surface area contributed by atoms with Crippen molar-refractivity contribution < 1.29 is 4.79 Å². The molecule has 3 aromatic heterocycles. The number of rotatable bonds is 2. The molecule has 1 atom stereocenters. The van der Waals surface area contributed by atoms with E-state index in [1.54, 1.807) is 12.4 Å². The molecule has 6 heteroatoms. The molecule has 6 nitrogen and oxygen atoms in total. The van der Waals surface area contributed by atoms with E-state index >= 15 is 0 Å². The predicted molar refractivity (Wildman–Crippen MR) is 98.9 cm³/mol. The van der Waals surface area contributed by atoms with Crippen molar-refractivity contribution in [2.45, 2.75) is 32.6 Å². The molecule has 1 unspecified atom stereocenters. The number of aryl methyl sites for hydroxylation is 2. The minimum atomic E-state index is 0.0374. The van der Waals surface area contributed by atoms with Crippen LogP contribution in [0.1, 0.15) is 46.3 Å². The molecule has 4 rings (SSSR count). The van der Waals surface area contributed by atoms with Gasteiger partial charge >= 0.3 is 0 Å². The molecule has 26 heavy (non-hydrogen) atoms. The number of pyridine rings is 2. The van der Waals surface area contributed by atoms with Gasteiger partial charge in [0.1, 0.15) is 5.82 Å². The van der Waals surface area contributed by atoms with Gasteiger partial charge < -0.3 is 4.90 Å². The minimum absolute atomic E-state index is 0.0374. The molecule has 1 aliphatic heterocycles. The summed E-state index contributed by atoms with van der Waals surface area (Å²) in [5.41, 5.74) is 3.27. The predicted octanol–water partition coefficient (Wildman–Crippen LogP) is 3.06. The second kappa shape index (κ2) is 6.78. The molecule has 1 aliphatic rings. The Morgan fingerprint density at radius 3 is 2.85 bits per heavy atom. The van der Waals surface area contributed by atoms with E-state index in [9.17, 15) is 4.79 Å². The molecule has 1 fully saturated rings. The molecule has 3 aromatic rings. The zero-order valence-electron chi connectivity index (χ0n) is 15.0. The minimum Gasteiger partial charge on any atom is -0.338 e. The summed E-state index contributed by atoms with van der Waals surface area (Å²) in [5, 5.41) is 0.981. The van der Waals surface area contributed by atoms with Gasteiger partial charge in [0.05, 0.1) is 11.3 Å². The van der Waals surface area contributed by atoms with E-state index in [1.165, 1.54) is 0 Å². The van der Waals surface area contributed by atoms with Gasteiger partial charge in [-0.25, -0.2) is 15.0 Å². The van der Waals surface area contributed by atoms with Gasteiger partial charge in [-0.3, -0.25) is 9.78 Å². The maximum Gasteiger partial charge on any atom is 0.255 e. The molecule has 0 bridgehead atoms. The monoisotopic (exact) mass is 347 g/mol. The van der Waals surface area contributed by atoms with Crippen LogP contribution >= 0.6 is 0 Å². The highest BCUT2D eigenvalue weighted by Crippen LogP contribution is 2.30. The van der Waals surface area contributed by atoms with Gasteiger partial charge in [0.25, 0.3) is 5.91 Å². The molecule has 0 N–H and O–H groups in total. The number of fused-ring (bicyclic) bond motifs is 1. The first-order valence-corrected chi connectivity index (χ1v) is 8.93. The van der Waals surface area contributed by atoms with Crippen molar-refractivity contribution >= 4 is 16.9 Å². The standard InChI is InChI=1S/C20H21N5O/c1-13-7-8-15(11-22-13)20(26)25-10-4-5-16(12-25)18-17-6-3-9-21-19(17)24-14(2)23-18/h3,6-9,11,16H,4-5,10,12H2,1-2H3. The van der Waals surface area contributed by atoms with E-state index in [2.05, 4.69) is 15.0 Å². The van der Waals surface area contributed by atoms with Crippen molar-refractivity contribution in [1.82, 2.24) is 24.8 Å². The van der Waals surface area contributed by atoms with Crippen LogP contribution in [0.5, 0.6) is 0 Å². The highest BCUT2D eigenvalue weighted by atomic mass is 16.2. The Morgan fingerprint density at radius 1 is 1.15 bits per heavy atom. The summed E-state index contributed by atoms with van der Waals surface area (Å²) >= 11 is 0. The van der Waals surface area contributed by atoms with Gasteiger partial charge in [-0.2, -0.15) is 0 Å². The van der Waals surface area contributed by atoms with Crippen molar-refractivity contribution in [3.8, 4) is 0 Å². The largest absolute Gasteiger partial charge is 0.338 e. The van der Waals surface area contributed by atoms with Gasteiger partial charge in [0, 0.05) is 42.5 Å². The third-order valence-electron chi connectivity index (χ3n) is 4.87. The molecule has 0 aromatic carbocycles. The Balaban J connectivity index is 1.63. The fourth-order valence-electron chi connectivity index (χ4n) is 3.57.